The second-order valence-electron chi connectivity index (χ2n) is 6.88. The van der Waals surface area contributed by atoms with Gasteiger partial charge >= 0.3 is 0 Å². The van der Waals surface area contributed by atoms with Gasteiger partial charge in [-0.05, 0) is 31.4 Å². The van der Waals surface area contributed by atoms with E-state index >= 15 is 0 Å². The van der Waals surface area contributed by atoms with Crippen molar-refractivity contribution in [3.05, 3.63) is 54.0 Å². The minimum atomic E-state index is 0.0456. The van der Waals surface area contributed by atoms with Gasteiger partial charge in [-0.1, -0.05) is 18.2 Å². The number of nitrogens with zero attached hydrogens (tertiary/aromatic N) is 5. The predicted molar refractivity (Wildman–Crippen MR) is 98.6 cm³/mol. The van der Waals surface area contributed by atoms with E-state index in [-0.39, 0.29) is 18.5 Å². The minimum absolute atomic E-state index is 0.0456. The van der Waals surface area contributed by atoms with Crippen molar-refractivity contribution >= 4 is 16.8 Å². The van der Waals surface area contributed by atoms with E-state index in [0.717, 1.165) is 42.4 Å². The summed E-state index contributed by atoms with van der Waals surface area (Å²) in [5, 5.41) is 14.3. The molecule has 0 saturated carbocycles. The lowest BCUT2D eigenvalue weighted by molar-refractivity contribution is 0.0723. The van der Waals surface area contributed by atoms with Gasteiger partial charge in [-0.3, -0.25) is 9.48 Å². The zero-order chi connectivity index (χ0) is 18.1. The topological polar surface area (TPSA) is 66.8 Å². The van der Waals surface area contributed by atoms with Crippen molar-refractivity contribution in [1.29, 1.82) is 5.26 Å². The average Bonchev–Trinajstić information content (AvgIpc) is 3.35. The molecule has 0 unspecified atom stereocenters. The molecule has 3 heterocycles. The molecule has 132 valence electrons. The summed E-state index contributed by atoms with van der Waals surface area (Å²) in [6, 6.07) is 10.1. The fraction of sp³-hybridized carbons (Fsp3) is 0.350. The first kappa shape index (κ1) is 16.4. The molecule has 0 bridgehead atoms. The number of aromatic nitrogens is 3. The Kier molecular flexibility index (Phi) is 4.21. The van der Waals surface area contributed by atoms with Crippen LogP contribution in [0.1, 0.15) is 28.8 Å². The Morgan fingerprint density at radius 3 is 2.96 bits per heavy atom. The number of likely N-dealkylation sites (tertiary alicyclic amines) is 1. The minimum Gasteiger partial charge on any atom is -0.334 e. The molecule has 6 nitrogen and oxygen atoms in total. The molecule has 0 aliphatic carbocycles. The van der Waals surface area contributed by atoms with Crippen molar-refractivity contribution in [3.8, 4) is 6.07 Å². The third-order valence-corrected chi connectivity index (χ3v) is 5.06. The van der Waals surface area contributed by atoms with Crippen LogP contribution in [0.5, 0.6) is 0 Å². The summed E-state index contributed by atoms with van der Waals surface area (Å²) in [5.74, 6) is 0.0456. The Morgan fingerprint density at radius 2 is 2.19 bits per heavy atom. The third-order valence-electron chi connectivity index (χ3n) is 5.06. The standard InChI is InChI=1S/C20H21N5O/c1-15-11-22-24(12-15)13-16-5-4-9-25(16)20(26)18-14-23(10-8-21)19-7-3-2-6-17(18)19/h2-3,6-7,11-12,14,16H,4-5,9-10,13H2,1H3/t16-/m0/s1. The number of carbonyl (C=O) groups excluding carboxylic acids is 1. The Bertz CT molecular complexity index is 993. The molecule has 1 atom stereocenters. The number of hydrogen-bond acceptors (Lipinski definition) is 3. The summed E-state index contributed by atoms with van der Waals surface area (Å²) in [5.41, 5.74) is 2.73. The molecule has 1 amide bonds. The maximum Gasteiger partial charge on any atom is 0.256 e. The fourth-order valence-electron chi connectivity index (χ4n) is 3.85. The first-order valence-electron chi connectivity index (χ1n) is 8.92. The van der Waals surface area contributed by atoms with Gasteiger partial charge in [0.2, 0.25) is 0 Å². The molecular formula is C20H21N5O. The van der Waals surface area contributed by atoms with Crippen LogP contribution in [0.2, 0.25) is 0 Å². The van der Waals surface area contributed by atoms with Crippen LogP contribution in [-0.2, 0) is 13.1 Å². The van der Waals surface area contributed by atoms with Crippen LogP contribution >= 0.6 is 0 Å². The van der Waals surface area contributed by atoms with E-state index in [1.165, 1.54) is 0 Å². The van der Waals surface area contributed by atoms with E-state index in [4.69, 9.17) is 5.26 Å². The van der Waals surface area contributed by atoms with Gasteiger partial charge in [-0.25, -0.2) is 0 Å². The molecule has 26 heavy (non-hydrogen) atoms. The summed E-state index contributed by atoms with van der Waals surface area (Å²) >= 11 is 0. The smallest absolute Gasteiger partial charge is 0.256 e. The predicted octanol–water partition coefficient (Wildman–Crippen LogP) is 2.97. The molecule has 0 spiro atoms. The number of para-hydroxylation sites is 1. The molecule has 2 aromatic heterocycles. The van der Waals surface area contributed by atoms with Crippen molar-refractivity contribution in [3.63, 3.8) is 0 Å². The zero-order valence-electron chi connectivity index (χ0n) is 14.8. The van der Waals surface area contributed by atoms with Gasteiger partial charge in [0, 0.05) is 29.8 Å². The number of amides is 1. The first-order chi connectivity index (χ1) is 12.7. The van der Waals surface area contributed by atoms with Gasteiger partial charge in [-0.15, -0.1) is 0 Å². The van der Waals surface area contributed by atoms with E-state index in [1.54, 1.807) is 0 Å². The van der Waals surface area contributed by atoms with Gasteiger partial charge in [0.25, 0.3) is 5.91 Å². The Labute approximate surface area is 152 Å². The Morgan fingerprint density at radius 1 is 1.35 bits per heavy atom. The lowest BCUT2D eigenvalue weighted by Crippen LogP contribution is -2.38. The number of hydrogen-bond donors (Lipinski definition) is 0. The van der Waals surface area contributed by atoms with Crippen molar-refractivity contribution in [2.75, 3.05) is 6.54 Å². The first-order valence-corrected chi connectivity index (χ1v) is 8.92. The van der Waals surface area contributed by atoms with E-state index in [2.05, 4.69) is 11.2 Å². The number of carbonyl (C=O) groups is 1. The Hall–Kier alpha value is -3.07. The molecule has 0 radical (unpaired) electrons. The van der Waals surface area contributed by atoms with Crippen LogP contribution in [0.15, 0.2) is 42.9 Å². The van der Waals surface area contributed by atoms with Gasteiger partial charge < -0.3 is 9.47 Å². The molecule has 0 N–H and O–H groups in total. The lowest BCUT2D eigenvalue weighted by Gasteiger charge is -2.24. The zero-order valence-corrected chi connectivity index (χ0v) is 14.8. The molecule has 1 aliphatic heterocycles. The van der Waals surface area contributed by atoms with E-state index in [1.807, 2.05) is 63.9 Å². The van der Waals surface area contributed by atoms with Gasteiger partial charge in [-0.2, -0.15) is 10.4 Å². The summed E-state index contributed by atoms with van der Waals surface area (Å²) in [7, 11) is 0. The van der Waals surface area contributed by atoms with Gasteiger partial charge in [0.1, 0.15) is 6.54 Å². The molecular weight excluding hydrogens is 326 g/mol. The maximum absolute atomic E-state index is 13.3. The molecule has 1 fully saturated rings. The number of rotatable bonds is 4. The van der Waals surface area contributed by atoms with E-state index < -0.39 is 0 Å². The highest BCUT2D eigenvalue weighted by Gasteiger charge is 2.31. The normalized spacial score (nSPS) is 16.9. The lowest BCUT2D eigenvalue weighted by atomic mass is 10.1. The van der Waals surface area contributed by atoms with Crippen LogP contribution in [0.25, 0.3) is 10.9 Å². The van der Waals surface area contributed by atoms with E-state index in [0.29, 0.717) is 5.56 Å². The Balaban J connectivity index is 1.64. The highest BCUT2D eigenvalue weighted by molar-refractivity contribution is 6.07. The molecule has 1 aliphatic rings. The highest BCUT2D eigenvalue weighted by Crippen LogP contribution is 2.27. The van der Waals surface area contributed by atoms with Gasteiger partial charge in [0.15, 0.2) is 0 Å². The average molecular weight is 347 g/mol. The summed E-state index contributed by atoms with van der Waals surface area (Å²) < 4.78 is 3.77. The highest BCUT2D eigenvalue weighted by atomic mass is 16.2. The monoisotopic (exact) mass is 347 g/mol. The molecule has 1 saturated heterocycles. The fourth-order valence-corrected chi connectivity index (χ4v) is 3.85. The van der Waals surface area contributed by atoms with Crippen molar-refractivity contribution < 1.29 is 4.79 Å². The second kappa shape index (κ2) is 6.68. The van der Waals surface area contributed by atoms with Crippen LogP contribution < -0.4 is 0 Å². The summed E-state index contributed by atoms with van der Waals surface area (Å²) in [4.78, 5) is 15.3. The number of fused-ring (bicyclic) bond motifs is 1. The van der Waals surface area contributed by atoms with Crippen molar-refractivity contribution in [2.45, 2.75) is 38.9 Å². The molecule has 1 aromatic carbocycles. The number of benzene rings is 1. The van der Waals surface area contributed by atoms with E-state index in [9.17, 15) is 4.79 Å². The maximum atomic E-state index is 13.3. The third kappa shape index (κ3) is 2.86. The molecule has 3 aromatic rings. The molecule has 4 rings (SSSR count). The van der Waals surface area contributed by atoms with Crippen LogP contribution in [0.3, 0.4) is 0 Å². The van der Waals surface area contributed by atoms with Crippen LogP contribution in [-0.4, -0.2) is 37.7 Å². The van der Waals surface area contributed by atoms with Crippen molar-refractivity contribution in [1.82, 2.24) is 19.2 Å². The van der Waals surface area contributed by atoms with Crippen molar-refractivity contribution in [2.24, 2.45) is 0 Å². The molecule has 6 heteroatoms. The summed E-state index contributed by atoms with van der Waals surface area (Å²) in [6.07, 6.45) is 7.68. The number of nitriles is 1. The van der Waals surface area contributed by atoms with Gasteiger partial charge in [0.05, 0.1) is 30.4 Å². The second-order valence-corrected chi connectivity index (χ2v) is 6.88. The SMILES string of the molecule is Cc1cnn(C[C@@H]2CCCN2C(=O)c2cn(CC#N)c3ccccc23)c1. The number of aryl methyl sites for hydroxylation is 1. The summed E-state index contributed by atoms with van der Waals surface area (Å²) in [6.45, 7) is 3.74. The largest absolute Gasteiger partial charge is 0.334 e. The quantitative estimate of drug-likeness (QED) is 0.729. The van der Waals surface area contributed by atoms with Crippen LogP contribution in [0.4, 0.5) is 0 Å². The van der Waals surface area contributed by atoms with Crippen LogP contribution in [0, 0.1) is 18.3 Å².